The molecule has 0 saturated carbocycles. The number of rotatable bonds is 8. The van der Waals surface area contributed by atoms with Crippen LogP contribution in [-0.4, -0.2) is 34.6 Å². The SMILES string of the molecule is O=c1[nH]c(COCc2cccc(Cl)c2)nc2c(CNCC3CCNC3)nccc12. The Morgan fingerprint density at radius 3 is 3.03 bits per heavy atom. The molecular weight excluding hydrogens is 390 g/mol. The molecule has 0 spiro atoms. The average Bonchev–Trinajstić information content (AvgIpc) is 3.22. The van der Waals surface area contributed by atoms with Gasteiger partial charge in [-0.05, 0) is 55.7 Å². The topological polar surface area (TPSA) is 91.9 Å². The molecule has 1 saturated heterocycles. The standard InChI is InChI=1S/C21H24ClN5O2/c22-16-3-1-2-14(8-16)12-29-13-19-26-20-17(21(28)27-19)5-7-25-18(20)11-24-10-15-4-6-23-9-15/h1-3,5,7-8,15,23-24H,4,6,9-13H2,(H,26,27,28). The average molecular weight is 414 g/mol. The summed E-state index contributed by atoms with van der Waals surface area (Å²) in [7, 11) is 0. The second-order valence-corrected chi connectivity index (χ2v) is 7.72. The van der Waals surface area contributed by atoms with Crippen LogP contribution in [0.1, 0.15) is 23.5 Å². The number of nitrogens with zero attached hydrogens (tertiary/aromatic N) is 2. The molecule has 1 aliphatic rings. The summed E-state index contributed by atoms with van der Waals surface area (Å²) < 4.78 is 5.72. The maximum Gasteiger partial charge on any atom is 0.258 e. The minimum atomic E-state index is -0.181. The van der Waals surface area contributed by atoms with Crippen LogP contribution in [-0.2, 0) is 24.5 Å². The van der Waals surface area contributed by atoms with Crippen molar-refractivity contribution < 1.29 is 4.74 Å². The van der Waals surface area contributed by atoms with Crippen molar-refractivity contribution in [3.8, 4) is 0 Å². The zero-order valence-corrected chi connectivity index (χ0v) is 16.8. The van der Waals surface area contributed by atoms with Gasteiger partial charge in [0.1, 0.15) is 17.9 Å². The molecule has 0 radical (unpaired) electrons. The van der Waals surface area contributed by atoms with Crippen molar-refractivity contribution in [1.82, 2.24) is 25.6 Å². The smallest absolute Gasteiger partial charge is 0.258 e. The first-order valence-electron chi connectivity index (χ1n) is 9.79. The molecule has 7 nitrogen and oxygen atoms in total. The lowest BCUT2D eigenvalue weighted by atomic mass is 10.1. The molecule has 4 rings (SSSR count). The van der Waals surface area contributed by atoms with E-state index in [2.05, 4.69) is 25.6 Å². The van der Waals surface area contributed by atoms with Crippen LogP contribution in [0.15, 0.2) is 41.3 Å². The van der Waals surface area contributed by atoms with Crippen LogP contribution in [0.5, 0.6) is 0 Å². The molecule has 3 N–H and O–H groups in total. The number of H-pyrrole nitrogens is 1. The maximum absolute atomic E-state index is 12.5. The van der Waals surface area contributed by atoms with Crippen LogP contribution in [0, 0.1) is 5.92 Å². The van der Waals surface area contributed by atoms with Crippen LogP contribution >= 0.6 is 11.6 Å². The molecule has 1 aliphatic heterocycles. The van der Waals surface area contributed by atoms with Crippen molar-refractivity contribution in [2.75, 3.05) is 19.6 Å². The molecule has 0 aliphatic carbocycles. The van der Waals surface area contributed by atoms with Crippen molar-refractivity contribution in [3.05, 3.63) is 69.0 Å². The highest BCUT2D eigenvalue weighted by atomic mass is 35.5. The largest absolute Gasteiger partial charge is 0.369 e. The summed E-state index contributed by atoms with van der Waals surface area (Å²) in [6, 6.07) is 9.19. The summed E-state index contributed by atoms with van der Waals surface area (Å²) >= 11 is 6.00. The van der Waals surface area contributed by atoms with Gasteiger partial charge in [-0.1, -0.05) is 23.7 Å². The van der Waals surface area contributed by atoms with E-state index < -0.39 is 0 Å². The Bertz CT molecular complexity index is 1030. The predicted octanol–water partition coefficient (Wildman–Crippen LogP) is 2.39. The minimum absolute atomic E-state index is 0.181. The fourth-order valence-electron chi connectivity index (χ4n) is 3.54. The summed E-state index contributed by atoms with van der Waals surface area (Å²) in [5, 5.41) is 8.02. The third kappa shape index (κ3) is 5.19. The number of benzene rings is 1. The first-order valence-corrected chi connectivity index (χ1v) is 10.2. The number of hydrogen-bond acceptors (Lipinski definition) is 6. The molecular formula is C21H24ClN5O2. The van der Waals surface area contributed by atoms with Gasteiger partial charge >= 0.3 is 0 Å². The number of nitrogens with one attached hydrogen (secondary N) is 3. The molecule has 3 aromatic rings. The molecule has 152 valence electrons. The van der Waals surface area contributed by atoms with Crippen molar-refractivity contribution in [2.24, 2.45) is 5.92 Å². The molecule has 3 heterocycles. The van der Waals surface area contributed by atoms with Crippen LogP contribution < -0.4 is 16.2 Å². The van der Waals surface area contributed by atoms with E-state index in [1.54, 1.807) is 12.3 Å². The molecule has 29 heavy (non-hydrogen) atoms. The third-order valence-corrected chi connectivity index (χ3v) is 5.27. The highest BCUT2D eigenvalue weighted by Crippen LogP contribution is 2.14. The van der Waals surface area contributed by atoms with E-state index in [4.69, 9.17) is 16.3 Å². The molecule has 2 aromatic heterocycles. The summed E-state index contributed by atoms with van der Waals surface area (Å²) in [6.07, 6.45) is 2.84. The second-order valence-electron chi connectivity index (χ2n) is 7.28. The summed E-state index contributed by atoms with van der Waals surface area (Å²) in [4.78, 5) is 24.3. The number of aromatic amines is 1. The van der Waals surface area contributed by atoms with Crippen LogP contribution in [0.25, 0.3) is 10.9 Å². The normalized spacial score (nSPS) is 16.5. The molecule has 1 aromatic carbocycles. The fraction of sp³-hybridized carbons (Fsp3) is 0.381. The van der Waals surface area contributed by atoms with Crippen molar-refractivity contribution in [2.45, 2.75) is 26.2 Å². The maximum atomic E-state index is 12.5. The van der Waals surface area contributed by atoms with E-state index >= 15 is 0 Å². The summed E-state index contributed by atoms with van der Waals surface area (Å²) in [6.45, 7) is 4.21. The van der Waals surface area contributed by atoms with E-state index in [1.165, 1.54) is 6.42 Å². The monoisotopic (exact) mass is 413 g/mol. The van der Waals surface area contributed by atoms with E-state index in [1.807, 2.05) is 24.3 Å². The Labute approximate surface area is 173 Å². The molecule has 1 fully saturated rings. The first kappa shape index (κ1) is 20.0. The van der Waals surface area contributed by atoms with E-state index in [-0.39, 0.29) is 12.2 Å². The van der Waals surface area contributed by atoms with Crippen molar-refractivity contribution in [3.63, 3.8) is 0 Å². The zero-order chi connectivity index (χ0) is 20.1. The van der Waals surface area contributed by atoms with Gasteiger partial charge in [-0.25, -0.2) is 4.98 Å². The van der Waals surface area contributed by atoms with Crippen molar-refractivity contribution in [1.29, 1.82) is 0 Å². The van der Waals surface area contributed by atoms with Crippen LogP contribution in [0.4, 0.5) is 0 Å². The lowest BCUT2D eigenvalue weighted by Crippen LogP contribution is -2.25. The van der Waals surface area contributed by atoms with Gasteiger partial charge in [-0.3, -0.25) is 9.78 Å². The number of ether oxygens (including phenoxy) is 1. The van der Waals surface area contributed by atoms with Crippen LogP contribution in [0.3, 0.4) is 0 Å². The molecule has 1 unspecified atom stereocenters. The Hall–Kier alpha value is -2.32. The number of aromatic nitrogens is 3. The van der Waals surface area contributed by atoms with Gasteiger partial charge in [0.15, 0.2) is 0 Å². The van der Waals surface area contributed by atoms with Crippen molar-refractivity contribution >= 4 is 22.5 Å². The Kier molecular flexibility index (Phi) is 6.51. The van der Waals surface area contributed by atoms with Gasteiger partial charge in [-0.15, -0.1) is 0 Å². The van der Waals surface area contributed by atoms with Gasteiger partial charge in [-0.2, -0.15) is 0 Å². The molecule has 1 atom stereocenters. The van der Waals surface area contributed by atoms with Gasteiger partial charge in [0.25, 0.3) is 5.56 Å². The molecule has 8 heteroatoms. The number of fused-ring (bicyclic) bond motifs is 1. The summed E-state index contributed by atoms with van der Waals surface area (Å²) in [5.41, 5.74) is 2.18. The first-order chi connectivity index (χ1) is 14.2. The lowest BCUT2D eigenvalue weighted by Gasteiger charge is -2.11. The Morgan fingerprint density at radius 1 is 1.28 bits per heavy atom. The third-order valence-electron chi connectivity index (χ3n) is 5.03. The van der Waals surface area contributed by atoms with E-state index in [0.717, 1.165) is 30.9 Å². The zero-order valence-electron chi connectivity index (χ0n) is 16.1. The van der Waals surface area contributed by atoms with Crippen LogP contribution in [0.2, 0.25) is 5.02 Å². The summed E-state index contributed by atoms with van der Waals surface area (Å²) in [5.74, 6) is 1.12. The van der Waals surface area contributed by atoms with E-state index in [9.17, 15) is 4.79 Å². The quantitative estimate of drug-likeness (QED) is 0.525. The molecule has 0 bridgehead atoms. The number of halogens is 1. The molecule has 0 amide bonds. The van der Waals surface area contributed by atoms with E-state index in [0.29, 0.717) is 40.8 Å². The highest BCUT2D eigenvalue weighted by Gasteiger charge is 2.14. The number of hydrogen-bond donors (Lipinski definition) is 3. The number of pyridine rings is 1. The predicted molar refractivity (Wildman–Crippen MR) is 113 cm³/mol. The lowest BCUT2D eigenvalue weighted by molar-refractivity contribution is 0.102. The van der Waals surface area contributed by atoms with Gasteiger partial charge in [0, 0.05) is 17.8 Å². The fourth-order valence-corrected chi connectivity index (χ4v) is 3.75. The Morgan fingerprint density at radius 2 is 2.21 bits per heavy atom. The van der Waals surface area contributed by atoms with Gasteiger partial charge < -0.3 is 20.4 Å². The van der Waals surface area contributed by atoms with Gasteiger partial charge in [0.2, 0.25) is 0 Å². The van der Waals surface area contributed by atoms with Gasteiger partial charge in [0.05, 0.1) is 17.7 Å². The minimum Gasteiger partial charge on any atom is -0.369 e. The second kappa shape index (κ2) is 9.45. The highest BCUT2D eigenvalue weighted by molar-refractivity contribution is 6.30. The Balaban J connectivity index is 1.44.